The van der Waals surface area contributed by atoms with E-state index in [2.05, 4.69) is 20.5 Å². The lowest BCUT2D eigenvalue weighted by atomic mass is 10.1. The molecule has 0 aliphatic heterocycles. The number of aliphatic hydroxyl groups is 1. The van der Waals surface area contributed by atoms with Gasteiger partial charge in [-0.3, -0.25) is 5.10 Å². The van der Waals surface area contributed by atoms with Crippen molar-refractivity contribution in [2.75, 3.05) is 13.6 Å². The molecule has 1 aromatic heterocycles. The van der Waals surface area contributed by atoms with Gasteiger partial charge >= 0.3 is 6.03 Å². The molecule has 1 aromatic carbocycles. The van der Waals surface area contributed by atoms with Crippen molar-refractivity contribution in [1.82, 2.24) is 25.4 Å². The van der Waals surface area contributed by atoms with E-state index in [0.717, 1.165) is 11.1 Å². The summed E-state index contributed by atoms with van der Waals surface area (Å²) < 4.78 is 0. The van der Waals surface area contributed by atoms with Crippen molar-refractivity contribution in [3.63, 3.8) is 0 Å². The van der Waals surface area contributed by atoms with Crippen molar-refractivity contribution in [1.29, 1.82) is 0 Å². The van der Waals surface area contributed by atoms with Gasteiger partial charge in [0.05, 0.1) is 6.10 Å². The summed E-state index contributed by atoms with van der Waals surface area (Å²) in [5.41, 5.74) is 1.90. The average molecular weight is 303 g/mol. The highest BCUT2D eigenvalue weighted by Gasteiger charge is 2.09. The van der Waals surface area contributed by atoms with Gasteiger partial charge in [0.15, 0.2) is 5.82 Å². The number of carbonyl (C=O) groups excluding carboxylic acids is 1. The highest BCUT2D eigenvalue weighted by atomic mass is 16.3. The second-order valence-corrected chi connectivity index (χ2v) is 5.25. The molecule has 0 fully saturated rings. The van der Waals surface area contributed by atoms with Crippen LogP contribution in [0, 0.1) is 0 Å². The van der Waals surface area contributed by atoms with E-state index in [1.807, 2.05) is 24.3 Å². The highest BCUT2D eigenvalue weighted by Crippen LogP contribution is 2.15. The first kappa shape index (κ1) is 16.0. The number of hydrogen-bond donors (Lipinski definition) is 3. The molecule has 1 atom stereocenters. The number of aromatic amines is 1. The Morgan fingerprint density at radius 2 is 2.32 bits per heavy atom. The Morgan fingerprint density at radius 1 is 1.50 bits per heavy atom. The summed E-state index contributed by atoms with van der Waals surface area (Å²) in [6, 6.07) is 7.58. The maximum atomic E-state index is 11.9. The van der Waals surface area contributed by atoms with Crippen LogP contribution in [0.25, 0.3) is 11.4 Å². The summed E-state index contributed by atoms with van der Waals surface area (Å²) in [7, 11) is 1.71. The summed E-state index contributed by atoms with van der Waals surface area (Å²) in [6.45, 7) is 2.65. The van der Waals surface area contributed by atoms with E-state index >= 15 is 0 Å². The van der Waals surface area contributed by atoms with Crippen LogP contribution in [0.4, 0.5) is 4.79 Å². The zero-order valence-electron chi connectivity index (χ0n) is 12.8. The minimum Gasteiger partial charge on any atom is -0.393 e. The lowest BCUT2D eigenvalue weighted by molar-refractivity contribution is 0.163. The minimum atomic E-state index is -0.408. The topological polar surface area (TPSA) is 94.1 Å². The molecular weight excluding hydrogens is 282 g/mol. The van der Waals surface area contributed by atoms with Crippen LogP contribution in [0.5, 0.6) is 0 Å². The normalized spacial score (nSPS) is 12.0. The molecule has 3 N–H and O–H groups in total. The number of nitrogens with zero attached hydrogens (tertiary/aromatic N) is 3. The lowest BCUT2D eigenvalue weighted by Gasteiger charge is -2.18. The molecule has 7 nitrogen and oxygen atoms in total. The molecule has 0 spiro atoms. The van der Waals surface area contributed by atoms with Crippen molar-refractivity contribution in [2.24, 2.45) is 0 Å². The summed E-state index contributed by atoms with van der Waals surface area (Å²) in [4.78, 5) is 17.6. The van der Waals surface area contributed by atoms with Gasteiger partial charge in [-0.05, 0) is 25.0 Å². The van der Waals surface area contributed by atoms with Gasteiger partial charge < -0.3 is 15.3 Å². The molecule has 0 saturated carbocycles. The smallest absolute Gasteiger partial charge is 0.317 e. The molecule has 1 heterocycles. The van der Waals surface area contributed by atoms with E-state index in [0.29, 0.717) is 25.3 Å². The zero-order valence-corrected chi connectivity index (χ0v) is 12.8. The fourth-order valence-electron chi connectivity index (χ4n) is 1.97. The summed E-state index contributed by atoms with van der Waals surface area (Å²) in [5.74, 6) is 0.697. The van der Waals surface area contributed by atoms with Crippen molar-refractivity contribution >= 4 is 6.03 Å². The molecule has 2 aromatic rings. The second-order valence-electron chi connectivity index (χ2n) is 5.25. The Balaban J connectivity index is 1.89. The molecule has 0 aliphatic carbocycles. The summed E-state index contributed by atoms with van der Waals surface area (Å²) >= 11 is 0. The number of carbonyl (C=O) groups is 1. The molecule has 0 aliphatic rings. The van der Waals surface area contributed by atoms with Gasteiger partial charge in [0.25, 0.3) is 0 Å². The number of amides is 2. The largest absolute Gasteiger partial charge is 0.393 e. The molecule has 2 amide bonds. The summed E-state index contributed by atoms with van der Waals surface area (Å²) in [6.07, 6.45) is 1.61. The van der Waals surface area contributed by atoms with Crippen molar-refractivity contribution in [3.8, 4) is 11.4 Å². The number of aromatic nitrogens is 3. The van der Waals surface area contributed by atoms with E-state index in [9.17, 15) is 9.90 Å². The van der Waals surface area contributed by atoms with Crippen LogP contribution in [0.15, 0.2) is 30.6 Å². The van der Waals surface area contributed by atoms with E-state index in [1.54, 1.807) is 18.9 Å². The number of rotatable bonds is 6. The van der Waals surface area contributed by atoms with Gasteiger partial charge in [0.2, 0.25) is 0 Å². The molecule has 1 unspecified atom stereocenters. The zero-order chi connectivity index (χ0) is 15.9. The molecule has 7 heteroatoms. The number of benzene rings is 1. The first-order valence-corrected chi connectivity index (χ1v) is 7.18. The van der Waals surface area contributed by atoms with Gasteiger partial charge in [-0.1, -0.05) is 18.2 Å². The van der Waals surface area contributed by atoms with E-state index in [-0.39, 0.29) is 6.03 Å². The van der Waals surface area contributed by atoms with Crippen LogP contribution in [0.2, 0.25) is 0 Å². The monoisotopic (exact) mass is 303 g/mol. The van der Waals surface area contributed by atoms with Crippen LogP contribution in [-0.4, -0.2) is 50.9 Å². The van der Waals surface area contributed by atoms with Crippen molar-refractivity contribution < 1.29 is 9.90 Å². The van der Waals surface area contributed by atoms with Gasteiger partial charge in [-0.25, -0.2) is 9.78 Å². The molecule has 0 radical (unpaired) electrons. The molecule has 22 heavy (non-hydrogen) atoms. The molecule has 0 saturated heterocycles. The van der Waals surface area contributed by atoms with Crippen LogP contribution >= 0.6 is 0 Å². The predicted octanol–water partition coefficient (Wildman–Crippen LogP) is 1.38. The van der Waals surface area contributed by atoms with Gasteiger partial charge in [0, 0.05) is 25.7 Å². The van der Waals surface area contributed by atoms with Crippen molar-refractivity contribution in [3.05, 3.63) is 36.2 Å². The molecule has 0 bridgehead atoms. The average Bonchev–Trinajstić information content (AvgIpc) is 3.05. The molecule has 118 valence electrons. The lowest BCUT2D eigenvalue weighted by Crippen LogP contribution is -2.38. The quantitative estimate of drug-likeness (QED) is 0.751. The SMILES string of the molecule is CC(O)CCN(C)C(=O)NCc1cccc(-c2ncn[nH]2)c1. The minimum absolute atomic E-state index is 0.161. The highest BCUT2D eigenvalue weighted by molar-refractivity contribution is 5.73. The Morgan fingerprint density at radius 3 is 3.00 bits per heavy atom. The van der Waals surface area contributed by atoms with Crippen LogP contribution in [0.3, 0.4) is 0 Å². The van der Waals surface area contributed by atoms with Gasteiger partial charge in [0.1, 0.15) is 6.33 Å². The predicted molar refractivity (Wildman–Crippen MR) is 83.0 cm³/mol. The fourth-order valence-corrected chi connectivity index (χ4v) is 1.97. The maximum absolute atomic E-state index is 11.9. The third-order valence-corrected chi connectivity index (χ3v) is 3.29. The first-order chi connectivity index (χ1) is 10.6. The van der Waals surface area contributed by atoms with Gasteiger partial charge in [-0.2, -0.15) is 5.10 Å². The standard InChI is InChI=1S/C15H21N5O2/c1-11(21)6-7-20(2)15(22)16-9-12-4-3-5-13(8-12)14-17-10-18-19-14/h3-5,8,10-11,21H,6-7,9H2,1-2H3,(H,16,22)(H,17,18,19). The van der Waals surface area contributed by atoms with E-state index in [1.165, 1.54) is 6.33 Å². The number of nitrogens with one attached hydrogen (secondary N) is 2. The maximum Gasteiger partial charge on any atom is 0.317 e. The Hall–Kier alpha value is -2.41. The number of hydrogen-bond acceptors (Lipinski definition) is 4. The van der Waals surface area contributed by atoms with E-state index in [4.69, 9.17) is 0 Å². The van der Waals surface area contributed by atoms with Crippen molar-refractivity contribution in [2.45, 2.75) is 26.0 Å². The number of H-pyrrole nitrogens is 1. The first-order valence-electron chi connectivity index (χ1n) is 7.18. The van der Waals surface area contributed by atoms with Crippen LogP contribution in [-0.2, 0) is 6.54 Å². The van der Waals surface area contributed by atoms with Gasteiger partial charge in [-0.15, -0.1) is 0 Å². The van der Waals surface area contributed by atoms with Crippen LogP contribution < -0.4 is 5.32 Å². The Bertz CT molecular complexity index is 598. The number of urea groups is 1. The third-order valence-electron chi connectivity index (χ3n) is 3.29. The fraction of sp³-hybridized carbons (Fsp3) is 0.400. The third kappa shape index (κ3) is 4.56. The van der Waals surface area contributed by atoms with Crippen LogP contribution in [0.1, 0.15) is 18.9 Å². The Labute approximate surface area is 129 Å². The Kier molecular flexibility index (Phi) is 5.48. The molecular formula is C15H21N5O2. The van der Waals surface area contributed by atoms with E-state index < -0.39 is 6.10 Å². The number of aliphatic hydroxyl groups excluding tert-OH is 1. The molecule has 2 rings (SSSR count). The second kappa shape index (κ2) is 7.56. The summed E-state index contributed by atoms with van der Waals surface area (Å²) in [5, 5.41) is 18.7.